The van der Waals surface area contributed by atoms with Gasteiger partial charge in [0.1, 0.15) is 30.5 Å². The van der Waals surface area contributed by atoms with E-state index in [4.69, 9.17) is 16.3 Å². The lowest BCUT2D eigenvalue weighted by Crippen LogP contribution is -2.58. The highest BCUT2D eigenvalue weighted by atomic mass is 16.5. The fourth-order valence-corrected chi connectivity index (χ4v) is 1.24. The summed E-state index contributed by atoms with van der Waals surface area (Å²) in [6, 6.07) is 0. The van der Waals surface area contributed by atoms with Crippen LogP contribution >= 0.6 is 0 Å². The van der Waals surface area contributed by atoms with E-state index in [1.165, 1.54) is 0 Å². The van der Waals surface area contributed by atoms with Gasteiger partial charge in [0.25, 0.3) is 0 Å². The first-order chi connectivity index (χ1) is 6.11. The molecule has 0 saturated carbocycles. The van der Waals surface area contributed by atoms with Gasteiger partial charge >= 0.3 is 0 Å². The maximum Gasteiger partial charge on any atom is 0.146 e. The van der Waals surface area contributed by atoms with Crippen LogP contribution < -0.4 is 0 Å². The summed E-state index contributed by atoms with van der Waals surface area (Å²) in [4.78, 5) is 0. The second kappa shape index (κ2) is 4.05. The van der Waals surface area contributed by atoms with Gasteiger partial charge in [-0.15, -0.1) is 6.42 Å². The largest absolute Gasteiger partial charge is 0.394 e. The molecule has 5 nitrogen and oxygen atoms in total. The minimum Gasteiger partial charge on any atom is -0.394 e. The zero-order valence-corrected chi connectivity index (χ0v) is 6.87. The van der Waals surface area contributed by atoms with Gasteiger partial charge in [-0.3, -0.25) is 0 Å². The lowest BCUT2D eigenvalue weighted by Gasteiger charge is -2.37. The molecule has 1 aliphatic rings. The standard InChI is InChI=1S/C8H12O5/c1-2-4-6(10)8(12)7(11)5(3-9)13-4/h1,4-12H,3H2/t4?,5-,6-,7-,8-/m1/s1. The van der Waals surface area contributed by atoms with Crippen molar-refractivity contribution in [3.8, 4) is 12.3 Å². The number of rotatable bonds is 1. The summed E-state index contributed by atoms with van der Waals surface area (Å²) < 4.78 is 4.93. The van der Waals surface area contributed by atoms with Crippen LogP contribution in [0.5, 0.6) is 0 Å². The smallest absolute Gasteiger partial charge is 0.146 e. The van der Waals surface area contributed by atoms with E-state index in [-0.39, 0.29) is 0 Å². The van der Waals surface area contributed by atoms with Crippen molar-refractivity contribution in [3.05, 3.63) is 0 Å². The SMILES string of the molecule is C#CC1O[C@H](CO)[C@@H](O)[C@H](O)[C@@H]1O. The molecule has 0 radical (unpaired) electrons. The van der Waals surface area contributed by atoms with Crippen molar-refractivity contribution in [1.82, 2.24) is 0 Å². The Morgan fingerprint density at radius 3 is 2.23 bits per heavy atom. The van der Waals surface area contributed by atoms with E-state index in [2.05, 4.69) is 5.92 Å². The molecule has 0 spiro atoms. The van der Waals surface area contributed by atoms with Crippen LogP contribution in [0.1, 0.15) is 0 Å². The van der Waals surface area contributed by atoms with Crippen molar-refractivity contribution in [2.24, 2.45) is 0 Å². The van der Waals surface area contributed by atoms with E-state index in [0.29, 0.717) is 0 Å². The summed E-state index contributed by atoms with van der Waals surface area (Å²) in [6.07, 6.45) is -0.941. The van der Waals surface area contributed by atoms with Crippen molar-refractivity contribution in [2.45, 2.75) is 30.5 Å². The highest BCUT2D eigenvalue weighted by Gasteiger charge is 2.42. The zero-order valence-electron chi connectivity index (χ0n) is 6.87. The molecule has 0 bridgehead atoms. The van der Waals surface area contributed by atoms with Gasteiger partial charge in [0.05, 0.1) is 6.61 Å². The van der Waals surface area contributed by atoms with Crippen LogP contribution in [0.25, 0.3) is 0 Å². The minimum atomic E-state index is -1.38. The summed E-state index contributed by atoms with van der Waals surface area (Å²) in [5.74, 6) is 2.11. The number of aliphatic hydroxyl groups excluding tert-OH is 4. The van der Waals surface area contributed by atoms with Gasteiger partial charge in [0, 0.05) is 0 Å². The summed E-state index contributed by atoms with van der Waals surface area (Å²) in [6.45, 7) is -0.455. The van der Waals surface area contributed by atoms with Gasteiger partial charge in [-0.25, -0.2) is 0 Å². The lowest BCUT2D eigenvalue weighted by atomic mass is 9.96. The fraction of sp³-hybridized carbons (Fsp3) is 0.750. The van der Waals surface area contributed by atoms with Crippen molar-refractivity contribution in [3.63, 3.8) is 0 Å². The molecule has 0 aromatic heterocycles. The predicted octanol–water partition coefficient (Wildman–Crippen LogP) is -2.54. The lowest BCUT2D eigenvalue weighted by molar-refractivity contribution is -0.214. The normalized spacial score (nSPS) is 45.6. The molecule has 0 amide bonds. The van der Waals surface area contributed by atoms with E-state index >= 15 is 0 Å². The Morgan fingerprint density at radius 2 is 1.77 bits per heavy atom. The van der Waals surface area contributed by atoms with Crippen LogP contribution in [-0.2, 0) is 4.74 Å². The van der Waals surface area contributed by atoms with Crippen molar-refractivity contribution in [2.75, 3.05) is 6.61 Å². The maximum atomic E-state index is 9.26. The molecule has 5 heteroatoms. The van der Waals surface area contributed by atoms with E-state index in [1.807, 2.05) is 0 Å². The first-order valence-corrected chi connectivity index (χ1v) is 3.88. The van der Waals surface area contributed by atoms with Crippen molar-refractivity contribution < 1.29 is 25.2 Å². The Morgan fingerprint density at radius 1 is 1.15 bits per heavy atom. The van der Waals surface area contributed by atoms with Gasteiger partial charge < -0.3 is 25.2 Å². The van der Waals surface area contributed by atoms with E-state index in [1.54, 1.807) is 0 Å². The second-order valence-corrected chi connectivity index (χ2v) is 2.92. The third kappa shape index (κ3) is 1.82. The molecule has 13 heavy (non-hydrogen) atoms. The van der Waals surface area contributed by atoms with Gasteiger partial charge in [-0.05, 0) is 0 Å². The Bertz CT molecular complexity index is 209. The van der Waals surface area contributed by atoms with Crippen LogP contribution in [0.15, 0.2) is 0 Å². The predicted molar refractivity (Wildman–Crippen MR) is 42.6 cm³/mol. The quantitative estimate of drug-likeness (QED) is 0.340. The molecule has 1 unspecified atom stereocenters. The van der Waals surface area contributed by atoms with Gasteiger partial charge in [0.15, 0.2) is 0 Å². The number of hydrogen-bond acceptors (Lipinski definition) is 5. The summed E-state index contributed by atoms with van der Waals surface area (Å²) in [7, 11) is 0. The third-order valence-electron chi connectivity index (χ3n) is 2.06. The molecule has 5 atom stereocenters. The van der Waals surface area contributed by atoms with Gasteiger partial charge in [0.2, 0.25) is 0 Å². The molecule has 0 aliphatic carbocycles. The fourth-order valence-electron chi connectivity index (χ4n) is 1.24. The Labute approximate surface area is 75.6 Å². The average molecular weight is 188 g/mol. The van der Waals surface area contributed by atoms with E-state index in [0.717, 1.165) is 0 Å². The topological polar surface area (TPSA) is 90.2 Å². The summed E-state index contributed by atoms with van der Waals surface area (Å²) in [5.41, 5.74) is 0. The highest BCUT2D eigenvalue weighted by molar-refractivity contribution is 5.05. The van der Waals surface area contributed by atoms with Crippen LogP contribution in [0.2, 0.25) is 0 Å². The third-order valence-corrected chi connectivity index (χ3v) is 2.06. The molecule has 1 heterocycles. The molecule has 0 aromatic carbocycles. The first kappa shape index (κ1) is 10.4. The highest BCUT2D eigenvalue weighted by Crippen LogP contribution is 2.20. The molecule has 1 fully saturated rings. The van der Waals surface area contributed by atoms with Gasteiger partial charge in [-0.1, -0.05) is 5.92 Å². The van der Waals surface area contributed by atoms with E-state index < -0.39 is 37.1 Å². The summed E-state index contributed by atoms with van der Waals surface area (Å²) >= 11 is 0. The van der Waals surface area contributed by atoms with Crippen LogP contribution in [-0.4, -0.2) is 57.6 Å². The molecule has 74 valence electrons. The monoisotopic (exact) mass is 188 g/mol. The minimum absolute atomic E-state index is 0.455. The van der Waals surface area contributed by atoms with Crippen LogP contribution in [0, 0.1) is 12.3 Å². The molecule has 1 aliphatic heterocycles. The van der Waals surface area contributed by atoms with Crippen molar-refractivity contribution >= 4 is 0 Å². The van der Waals surface area contributed by atoms with Crippen LogP contribution in [0.4, 0.5) is 0 Å². The number of terminal acetylenes is 1. The molecule has 0 aromatic rings. The van der Waals surface area contributed by atoms with E-state index in [9.17, 15) is 15.3 Å². The molecule has 1 saturated heterocycles. The number of ether oxygens (including phenoxy) is 1. The molecular formula is C8H12O5. The molecule has 4 N–H and O–H groups in total. The molecule has 1 rings (SSSR count). The Balaban J connectivity index is 2.73. The number of aliphatic hydroxyl groups is 4. The average Bonchev–Trinajstić information content (AvgIpc) is 2.15. The Kier molecular flexibility index (Phi) is 3.25. The number of hydrogen-bond donors (Lipinski definition) is 4. The van der Waals surface area contributed by atoms with Crippen LogP contribution in [0.3, 0.4) is 0 Å². The summed E-state index contributed by atoms with van der Waals surface area (Å²) in [5, 5.41) is 36.5. The maximum absolute atomic E-state index is 9.26. The van der Waals surface area contributed by atoms with Gasteiger partial charge in [-0.2, -0.15) is 0 Å². The second-order valence-electron chi connectivity index (χ2n) is 2.92. The van der Waals surface area contributed by atoms with Crippen molar-refractivity contribution in [1.29, 1.82) is 0 Å². The first-order valence-electron chi connectivity index (χ1n) is 3.88. The Hall–Kier alpha value is -0.640. The molecular weight excluding hydrogens is 176 g/mol. The zero-order chi connectivity index (χ0) is 10.0.